The molecule has 0 spiro atoms. The second kappa shape index (κ2) is 5.23. The summed E-state index contributed by atoms with van der Waals surface area (Å²) < 4.78 is 5.35. The first kappa shape index (κ1) is 12.0. The van der Waals surface area contributed by atoms with Crippen LogP contribution in [0.4, 0.5) is 5.69 Å². The monoisotopic (exact) mass is 242 g/mol. The lowest BCUT2D eigenvalue weighted by Gasteiger charge is -1.97. The third-order valence-corrected chi connectivity index (χ3v) is 2.56. The van der Waals surface area contributed by atoms with Gasteiger partial charge in [-0.2, -0.15) is 0 Å². The summed E-state index contributed by atoms with van der Waals surface area (Å²) in [5.74, 6) is 0.624. The molecule has 0 aliphatic carbocycles. The van der Waals surface area contributed by atoms with E-state index in [2.05, 4.69) is 0 Å². The summed E-state index contributed by atoms with van der Waals surface area (Å²) in [4.78, 5) is 10.3. The molecule has 2 aromatic rings. The molecule has 0 atom stereocenters. The highest BCUT2D eigenvalue weighted by atomic mass is 16.6. The van der Waals surface area contributed by atoms with Gasteiger partial charge in [0.15, 0.2) is 0 Å². The Morgan fingerprint density at radius 2 is 1.72 bits per heavy atom. The molecule has 0 aliphatic rings. The maximum Gasteiger partial charge on any atom is 0.357 e. The van der Waals surface area contributed by atoms with Gasteiger partial charge in [-0.25, -0.2) is 0 Å². The Balaban J connectivity index is 2.47. The van der Waals surface area contributed by atoms with E-state index in [9.17, 15) is 10.1 Å². The number of rotatable bonds is 3. The van der Waals surface area contributed by atoms with Crippen molar-refractivity contribution in [2.45, 2.75) is 0 Å². The molecule has 0 radical (unpaired) electrons. The SMILES string of the molecule is C[O+]=C(c1ccccc1)c1cccc([N+](=O)[O-])c1. The molecule has 0 saturated heterocycles. The molecule has 0 aromatic heterocycles. The Bertz CT molecular complexity index is 591. The van der Waals surface area contributed by atoms with Crippen LogP contribution < -0.4 is 0 Å². The first-order valence-electron chi connectivity index (χ1n) is 5.43. The van der Waals surface area contributed by atoms with Crippen LogP contribution in [0, 0.1) is 10.1 Å². The van der Waals surface area contributed by atoms with Crippen molar-refractivity contribution in [3.05, 3.63) is 75.8 Å². The lowest BCUT2D eigenvalue weighted by molar-refractivity contribution is -0.384. The van der Waals surface area contributed by atoms with Crippen molar-refractivity contribution in [3.63, 3.8) is 0 Å². The number of hydrogen-bond donors (Lipinski definition) is 0. The largest absolute Gasteiger partial charge is 0.357 e. The first-order valence-corrected chi connectivity index (χ1v) is 5.43. The van der Waals surface area contributed by atoms with Crippen molar-refractivity contribution in [3.8, 4) is 0 Å². The number of hydrogen-bond acceptors (Lipinski definition) is 2. The molecule has 0 unspecified atom stereocenters. The molecule has 18 heavy (non-hydrogen) atoms. The van der Waals surface area contributed by atoms with Gasteiger partial charge in [0.2, 0.25) is 0 Å². The van der Waals surface area contributed by atoms with E-state index in [0.29, 0.717) is 11.3 Å². The van der Waals surface area contributed by atoms with Crippen molar-refractivity contribution in [2.24, 2.45) is 0 Å². The van der Waals surface area contributed by atoms with Crippen LogP contribution in [0.25, 0.3) is 0 Å². The summed E-state index contributed by atoms with van der Waals surface area (Å²) >= 11 is 0. The fourth-order valence-electron chi connectivity index (χ4n) is 1.75. The van der Waals surface area contributed by atoms with Crippen molar-refractivity contribution in [2.75, 3.05) is 7.11 Å². The minimum Gasteiger partial charge on any atom is -0.258 e. The maximum atomic E-state index is 10.8. The van der Waals surface area contributed by atoms with Crippen LogP contribution in [0.2, 0.25) is 0 Å². The zero-order valence-corrected chi connectivity index (χ0v) is 9.87. The van der Waals surface area contributed by atoms with Gasteiger partial charge in [0.1, 0.15) is 0 Å². The smallest absolute Gasteiger partial charge is 0.258 e. The Labute approximate surface area is 104 Å². The van der Waals surface area contributed by atoms with E-state index in [-0.39, 0.29) is 5.69 Å². The van der Waals surface area contributed by atoms with Crippen molar-refractivity contribution >= 4 is 11.5 Å². The molecule has 0 aliphatic heterocycles. The quantitative estimate of drug-likeness (QED) is 0.359. The second-order valence-corrected chi connectivity index (χ2v) is 3.71. The molecule has 2 aromatic carbocycles. The molecular formula is C14H12NO3+. The molecule has 0 bridgehead atoms. The van der Waals surface area contributed by atoms with E-state index in [1.165, 1.54) is 12.1 Å². The molecule has 2 rings (SSSR count). The van der Waals surface area contributed by atoms with Gasteiger partial charge in [-0.15, -0.1) is 0 Å². The Morgan fingerprint density at radius 3 is 2.33 bits per heavy atom. The molecule has 0 amide bonds. The standard InChI is InChI=1S/C14H12NO3/c1-18-14(11-6-3-2-4-7-11)12-8-5-9-13(10-12)15(16)17/h2-10H,1H3/q+1. The normalized spacial score (nSPS) is 11.3. The van der Waals surface area contributed by atoms with E-state index < -0.39 is 4.92 Å². The van der Waals surface area contributed by atoms with Crippen LogP contribution in [0.15, 0.2) is 54.6 Å². The van der Waals surface area contributed by atoms with Crippen LogP contribution in [0.1, 0.15) is 15.6 Å². The van der Waals surface area contributed by atoms with Crippen LogP contribution in [0.3, 0.4) is 0 Å². The fourth-order valence-corrected chi connectivity index (χ4v) is 1.75. The van der Waals surface area contributed by atoms with E-state index in [0.717, 1.165) is 5.56 Å². The van der Waals surface area contributed by atoms with Gasteiger partial charge in [-0.1, -0.05) is 24.3 Å². The highest BCUT2D eigenvalue weighted by Gasteiger charge is 2.19. The Morgan fingerprint density at radius 1 is 1.06 bits per heavy atom. The number of ketones is 1. The summed E-state index contributed by atoms with van der Waals surface area (Å²) in [7, 11) is 1.56. The van der Waals surface area contributed by atoms with Gasteiger partial charge < -0.3 is 0 Å². The minimum absolute atomic E-state index is 0.0537. The van der Waals surface area contributed by atoms with Crippen molar-refractivity contribution in [1.29, 1.82) is 0 Å². The lowest BCUT2D eigenvalue weighted by Crippen LogP contribution is -2.04. The zero-order chi connectivity index (χ0) is 13.0. The molecule has 4 heteroatoms. The predicted octanol–water partition coefficient (Wildman–Crippen LogP) is 2.99. The van der Waals surface area contributed by atoms with Gasteiger partial charge in [0.25, 0.3) is 12.8 Å². The van der Waals surface area contributed by atoms with Crippen LogP contribution in [-0.2, 0) is 0 Å². The second-order valence-electron chi connectivity index (χ2n) is 3.71. The summed E-state index contributed by atoms with van der Waals surface area (Å²) in [6.07, 6.45) is 0. The summed E-state index contributed by atoms with van der Waals surface area (Å²) in [6.45, 7) is 0. The lowest BCUT2D eigenvalue weighted by atomic mass is 10.0. The van der Waals surface area contributed by atoms with Crippen molar-refractivity contribution in [1.82, 2.24) is 0 Å². The highest BCUT2D eigenvalue weighted by molar-refractivity contribution is 6.09. The zero-order valence-electron chi connectivity index (χ0n) is 9.87. The molecule has 0 heterocycles. The fraction of sp³-hybridized carbons (Fsp3) is 0.0714. The average Bonchev–Trinajstić information content (AvgIpc) is 2.41. The van der Waals surface area contributed by atoms with Crippen LogP contribution in [-0.4, -0.2) is 17.8 Å². The predicted molar refractivity (Wildman–Crippen MR) is 68.9 cm³/mol. The Kier molecular flexibility index (Phi) is 3.48. The molecular weight excluding hydrogens is 230 g/mol. The van der Waals surface area contributed by atoms with Gasteiger partial charge in [0, 0.05) is 12.1 Å². The topological polar surface area (TPSA) is 54.4 Å². The van der Waals surface area contributed by atoms with Gasteiger partial charge in [-0.3, -0.25) is 14.5 Å². The molecule has 4 nitrogen and oxygen atoms in total. The minimum atomic E-state index is -0.415. The molecule has 90 valence electrons. The van der Waals surface area contributed by atoms with E-state index in [1.807, 2.05) is 30.3 Å². The van der Waals surface area contributed by atoms with Crippen molar-refractivity contribution < 1.29 is 9.35 Å². The summed E-state index contributed by atoms with van der Waals surface area (Å²) in [5, 5.41) is 10.8. The molecule has 0 saturated carbocycles. The number of carbonyl (C=O) groups excluding carboxylic acids is 1. The molecule has 0 fully saturated rings. The highest BCUT2D eigenvalue weighted by Crippen LogP contribution is 2.17. The Hall–Kier alpha value is -2.49. The number of nitrogens with zero attached hydrogens (tertiary/aromatic N) is 1. The van der Waals surface area contributed by atoms with Gasteiger partial charge >= 0.3 is 5.78 Å². The third-order valence-electron chi connectivity index (χ3n) is 2.56. The van der Waals surface area contributed by atoms with Gasteiger partial charge in [-0.05, 0) is 18.2 Å². The number of benzene rings is 2. The number of nitro benzene ring substituents is 1. The molecule has 0 N–H and O–H groups in total. The van der Waals surface area contributed by atoms with E-state index >= 15 is 0 Å². The summed E-state index contributed by atoms with van der Waals surface area (Å²) in [5.41, 5.74) is 1.64. The van der Waals surface area contributed by atoms with Gasteiger partial charge in [0.05, 0.1) is 16.1 Å². The number of non-ortho nitro benzene ring substituents is 1. The average molecular weight is 242 g/mol. The number of nitro groups is 1. The van der Waals surface area contributed by atoms with Crippen LogP contribution >= 0.6 is 0 Å². The first-order chi connectivity index (χ1) is 8.72. The van der Waals surface area contributed by atoms with Crippen LogP contribution in [0.5, 0.6) is 0 Å². The third kappa shape index (κ3) is 2.43. The van der Waals surface area contributed by atoms with E-state index in [4.69, 9.17) is 4.42 Å². The van der Waals surface area contributed by atoms with E-state index in [1.54, 1.807) is 19.2 Å². The summed E-state index contributed by atoms with van der Waals surface area (Å²) in [6, 6.07) is 15.9. The maximum absolute atomic E-state index is 10.8.